The molecule has 2 aromatic rings. The Kier molecular flexibility index (Phi) is 6.04. The van der Waals surface area contributed by atoms with E-state index in [-0.39, 0.29) is 37.9 Å². The number of aliphatic hydroxyl groups is 2. The maximum absolute atomic E-state index is 13.2. The fourth-order valence-corrected chi connectivity index (χ4v) is 2.09. The van der Waals surface area contributed by atoms with Gasteiger partial charge in [-0.25, -0.2) is 9.97 Å². The lowest BCUT2D eigenvalue weighted by Crippen LogP contribution is -2.30. The topological polar surface area (TPSA) is 82.4 Å². The summed E-state index contributed by atoms with van der Waals surface area (Å²) in [6, 6.07) is 3.99. The van der Waals surface area contributed by atoms with E-state index in [1.54, 1.807) is 12.1 Å². The van der Waals surface area contributed by atoms with E-state index in [0.717, 1.165) is 6.07 Å². The second-order valence-corrected chi connectivity index (χ2v) is 4.96. The van der Waals surface area contributed by atoms with E-state index in [1.165, 1.54) is 17.3 Å². The van der Waals surface area contributed by atoms with Gasteiger partial charge in [0.2, 0.25) is 0 Å². The van der Waals surface area contributed by atoms with Crippen molar-refractivity contribution in [1.82, 2.24) is 15.0 Å². The van der Waals surface area contributed by atoms with Crippen molar-refractivity contribution >= 4 is 5.82 Å². The molecule has 0 radical (unpaired) electrons. The predicted octanol–water partition coefficient (Wildman–Crippen LogP) is 1.74. The maximum Gasteiger partial charge on any atom is 0.433 e. The number of hydrogen-bond acceptors (Lipinski definition) is 6. The summed E-state index contributed by atoms with van der Waals surface area (Å²) in [5, 5.41) is 18.1. The van der Waals surface area contributed by atoms with Crippen LogP contribution in [-0.4, -0.2) is 51.5 Å². The highest BCUT2D eigenvalue weighted by molar-refractivity contribution is 5.57. The third-order valence-corrected chi connectivity index (χ3v) is 3.20. The Labute approximate surface area is 136 Å². The van der Waals surface area contributed by atoms with E-state index < -0.39 is 11.9 Å². The first kappa shape index (κ1) is 18.1. The quantitative estimate of drug-likeness (QED) is 0.798. The van der Waals surface area contributed by atoms with E-state index in [9.17, 15) is 13.2 Å². The molecule has 0 saturated heterocycles. The van der Waals surface area contributed by atoms with Gasteiger partial charge in [0.25, 0.3) is 0 Å². The van der Waals surface area contributed by atoms with Gasteiger partial charge in [0, 0.05) is 43.7 Å². The number of rotatable bonds is 7. The van der Waals surface area contributed by atoms with E-state index in [2.05, 4.69) is 15.0 Å². The Bertz CT molecular complexity index is 653. The summed E-state index contributed by atoms with van der Waals surface area (Å²) in [5.41, 5.74) is -0.714. The number of halogens is 3. The predicted molar refractivity (Wildman–Crippen MR) is 81.3 cm³/mol. The molecule has 0 unspecified atom stereocenters. The Morgan fingerprint density at radius 1 is 1.08 bits per heavy atom. The number of aliphatic hydroxyl groups excluding tert-OH is 2. The van der Waals surface area contributed by atoms with Crippen molar-refractivity contribution in [2.75, 3.05) is 31.2 Å². The van der Waals surface area contributed by atoms with Crippen molar-refractivity contribution in [3.63, 3.8) is 0 Å². The standard InChI is InChI=1S/C15H17F3N4O2/c16-15(17,18)12-9-13(22(6-8-24)5-2-7-23)21-14(20-12)11-3-1-4-19-10-11/h1,3-4,9-10,23-24H,2,5-8H2. The number of aromatic nitrogens is 3. The fourth-order valence-electron chi connectivity index (χ4n) is 2.09. The van der Waals surface area contributed by atoms with Crippen LogP contribution in [-0.2, 0) is 6.18 Å². The first-order valence-corrected chi connectivity index (χ1v) is 7.29. The molecule has 0 amide bonds. The molecule has 0 aromatic carbocycles. The lowest BCUT2D eigenvalue weighted by Gasteiger charge is -2.23. The SMILES string of the molecule is OCCCN(CCO)c1cc(C(F)(F)F)nc(-c2cccnc2)n1. The molecule has 6 nitrogen and oxygen atoms in total. The molecule has 0 aliphatic rings. The van der Waals surface area contributed by atoms with Gasteiger partial charge in [-0.1, -0.05) is 0 Å². The molecular formula is C15H17F3N4O2. The molecule has 2 rings (SSSR count). The first-order valence-electron chi connectivity index (χ1n) is 7.29. The summed E-state index contributed by atoms with van der Waals surface area (Å²) in [6.07, 6.45) is -1.41. The van der Waals surface area contributed by atoms with E-state index in [1.807, 2.05) is 0 Å². The molecule has 0 atom stereocenters. The van der Waals surface area contributed by atoms with Crippen molar-refractivity contribution in [2.24, 2.45) is 0 Å². The third kappa shape index (κ3) is 4.62. The first-order chi connectivity index (χ1) is 11.5. The van der Waals surface area contributed by atoms with Gasteiger partial charge in [0.15, 0.2) is 11.5 Å². The van der Waals surface area contributed by atoms with Crippen LogP contribution >= 0.6 is 0 Å². The largest absolute Gasteiger partial charge is 0.433 e. The zero-order valence-electron chi connectivity index (χ0n) is 12.7. The van der Waals surface area contributed by atoms with Gasteiger partial charge in [-0.15, -0.1) is 0 Å². The average molecular weight is 342 g/mol. The summed E-state index contributed by atoms with van der Waals surface area (Å²) in [7, 11) is 0. The Morgan fingerprint density at radius 3 is 2.46 bits per heavy atom. The molecule has 0 aliphatic carbocycles. The van der Waals surface area contributed by atoms with E-state index in [0.29, 0.717) is 12.0 Å². The molecule has 0 aliphatic heterocycles. The highest BCUT2D eigenvalue weighted by atomic mass is 19.4. The minimum atomic E-state index is -4.63. The number of alkyl halides is 3. The lowest BCUT2D eigenvalue weighted by atomic mass is 10.2. The lowest BCUT2D eigenvalue weighted by molar-refractivity contribution is -0.141. The molecule has 0 spiro atoms. The van der Waals surface area contributed by atoms with Crippen LogP contribution in [0, 0.1) is 0 Å². The van der Waals surface area contributed by atoms with Crippen molar-refractivity contribution in [2.45, 2.75) is 12.6 Å². The minimum absolute atomic E-state index is 0.0404. The van der Waals surface area contributed by atoms with Gasteiger partial charge in [0.05, 0.1) is 6.61 Å². The van der Waals surface area contributed by atoms with Gasteiger partial charge >= 0.3 is 6.18 Å². The van der Waals surface area contributed by atoms with Crippen LogP contribution in [0.15, 0.2) is 30.6 Å². The van der Waals surface area contributed by atoms with E-state index >= 15 is 0 Å². The zero-order chi connectivity index (χ0) is 17.6. The Hall–Kier alpha value is -2.26. The van der Waals surface area contributed by atoms with Gasteiger partial charge in [-0.3, -0.25) is 4.98 Å². The van der Waals surface area contributed by atoms with Crippen LogP contribution in [0.1, 0.15) is 12.1 Å². The molecule has 24 heavy (non-hydrogen) atoms. The second-order valence-electron chi connectivity index (χ2n) is 4.96. The minimum Gasteiger partial charge on any atom is -0.396 e. The third-order valence-electron chi connectivity index (χ3n) is 3.20. The summed E-state index contributed by atoms with van der Waals surface area (Å²) in [5.74, 6) is -0.0569. The molecule has 2 N–H and O–H groups in total. The number of anilines is 1. The molecule has 130 valence electrons. The van der Waals surface area contributed by atoms with Crippen LogP contribution in [0.2, 0.25) is 0 Å². The van der Waals surface area contributed by atoms with Crippen molar-refractivity contribution in [1.29, 1.82) is 0 Å². The Morgan fingerprint density at radius 2 is 1.88 bits per heavy atom. The second kappa shape index (κ2) is 8.02. The Balaban J connectivity index is 2.49. The summed E-state index contributed by atoms with van der Waals surface area (Å²) < 4.78 is 39.5. The van der Waals surface area contributed by atoms with E-state index in [4.69, 9.17) is 10.2 Å². The normalized spacial score (nSPS) is 11.5. The number of nitrogens with zero attached hydrogens (tertiary/aromatic N) is 4. The number of hydrogen-bond donors (Lipinski definition) is 2. The molecule has 0 bridgehead atoms. The van der Waals surface area contributed by atoms with Crippen molar-refractivity contribution in [3.8, 4) is 11.4 Å². The monoisotopic (exact) mass is 342 g/mol. The molecule has 0 fully saturated rings. The molecule has 0 saturated carbocycles. The van der Waals surface area contributed by atoms with Crippen LogP contribution in [0.3, 0.4) is 0 Å². The van der Waals surface area contributed by atoms with Gasteiger partial charge < -0.3 is 15.1 Å². The van der Waals surface area contributed by atoms with Crippen molar-refractivity contribution < 1.29 is 23.4 Å². The number of pyridine rings is 1. The maximum atomic E-state index is 13.2. The van der Waals surface area contributed by atoms with Gasteiger partial charge in [-0.2, -0.15) is 13.2 Å². The highest BCUT2D eigenvalue weighted by Gasteiger charge is 2.34. The fraction of sp³-hybridized carbons (Fsp3) is 0.400. The summed E-state index contributed by atoms with van der Waals surface area (Å²) >= 11 is 0. The summed E-state index contributed by atoms with van der Waals surface area (Å²) in [6.45, 7) is -0.00769. The molecular weight excluding hydrogens is 325 g/mol. The zero-order valence-corrected chi connectivity index (χ0v) is 12.7. The smallest absolute Gasteiger partial charge is 0.396 e. The highest BCUT2D eigenvalue weighted by Crippen LogP contribution is 2.31. The van der Waals surface area contributed by atoms with Gasteiger partial charge in [0.1, 0.15) is 5.82 Å². The van der Waals surface area contributed by atoms with Crippen LogP contribution in [0.25, 0.3) is 11.4 Å². The van der Waals surface area contributed by atoms with Gasteiger partial charge in [-0.05, 0) is 18.6 Å². The van der Waals surface area contributed by atoms with Crippen molar-refractivity contribution in [3.05, 3.63) is 36.3 Å². The molecule has 2 aromatic heterocycles. The molecule has 9 heteroatoms. The molecule has 2 heterocycles. The van der Waals surface area contributed by atoms with Crippen LogP contribution in [0.4, 0.5) is 19.0 Å². The summed E-state index contributed by atoms with van der Waals surface area (Å²) in [4.78, 5) is 13.1. The average Bonchev–Trinajstić information content (AvgIpc) is 2.58. The van der Waals surface area contributed by atoms with Crippen LogP contribution in [0.5, 0.6) is 0 Å². The van der Waals surface area contributed by atoms with Crippen LogP contribution < -0.4 is 4.90 Å².